The standard InChI is InChI=1S/C25H25N5OS/c1-25(2,31)11-8-19-16-32-22-21(19)29-23(18-9-12-27-13-10-18)30-24(22)28-15-20(26)14-17-6-4-3-5-7-17/h3-7,9-10,12-13,16,20,31H,14-15,26H2,1-2H3,(H,28,29,30)/t20-/m1/s1. The minimum Gasteiger partial charge on any atom is -0.378 e. The molecular weight excluding hydrogens is 418 g/mol. The van der Waals surface area contributed by atoms with E-state index in [4.69, 9.17) is 15.7 Å². The van der Waals surface area contributed by atoms with Crippen LogP contribution in [0.3, 0.4) is 0 Å². The van der Waals surface area contributed by atoms with Crippen molar-refractivity contribution in [1.82, 2.24) is 15.0 Å². The fraction of sp³-hybridized carbons (Fsp3) is 0.240. The molecule has 0 amide bonds. The van der Waals surface area contributed by atoms with Crippen LogP contribution in [0, 0.1) is 11.8 Å². The van der Waals surface area contributed by atoms with Gasteiger partial charge in [-0.1, -0.05) is 42.2 Å². The molecule has 7 heteroatoms. The van der Waals surface area contributed by atoms with Crippen LogP contribution in [-0.2, 0) is 6.42 Å². The van der Waals surface area contributed by atoms with E-state index in [0.717, 1.165) is 33.6 Å². The van der Waals surface area contributed by atoms with Crippen LogP contribution in [0.15, 0.2) is 60.2 Å². The van der Waals surface area contributed by atoms with Gasteiger partial charge >= 0.3 is 0 Å². The molecule has 0 unspecified atom stereocenters. The van der Waals surface area contributed by atoms with E-state index >= 15 is 0 Å². The molecule has 0 spiro atoms. The maximum Gasteiger partial charge on any atom is 0.162 e. The van der Waals surface area contributed by atoms with Crippen molar-refractivity contribution < 1.29 is 5.11 Å². The molecule has 1 aromatic carbocycles. The van der Waals surface area contributed by atoms with Crippen LogP contribution in [0.4, 0.5) is 5.82 Å². The first-order chi connectivity index (χ1) is 15.4. The minimum atomic E-state index is -1.08. The highest BCUT2D eigenvalue weighted by Gasteiger charge is 2.16. The van der Waals surface area contributed by atoms with Gasteiger partial charge in [-0.05, 0) is 38.0 Å². The van der Waals surface area contributed by atoms with Gasteiger partial charge in [0.25, 0.3) is 0 Å². The predicted molar refractivity (Wildman–Crippen MR) is 130 cm³/mol. The topological polar surface area (TPSA) is 97.0 Å². The maximum atomic E-state index is 10.0. The van der Waals surface area contributed by atoms with Crippen LogP contribution in [0.2, 0.25) is 0 Å². The van der Waals surface area contributed by atoms with Gasteiger partial charge in [0.15, 0.2) is 5.82 Å². The van der Waals surface area contributed by atoms with Crippen LogP contribution in [-0.4, -0.2) is 38.2 Å². The Hall–Kier alpha value is -3.31. The Bertz CT molecular complexity index is 1250. The highest BCUT2D eigenvalue weighted by molar-refractivity contribution is 7.18. The third-order valence-electron chi connectivity index (χ3n) is 4.73. The lowest BCUT2D eigenvalue weighted by Crippen LogP contribution is -2.31. The first-order valence-electron chi connectivity index (χ1n) is 10.4. The monoisotopic (exact) mass is 443 g/mol. The molecule has 1 atom stereocenters. The lowest BCUT2D eigenvalue weighted by atomic mass is 10.1. The van der Waals surface area contributed by atoms with Gasteiger partial charge in [0.2, 0.25) is 0 Å². The average Bonchev–Trinajstić information content (AvgIpc) is 3.20. The van der Waals surface area contributed by atoms with Crippen molar-refractivity contribution in [3.63, 3.8) is 0 Å². The third-order valence-corrected chi connectivity index (χ3v) is 5.71. The summed E-state index contributed by atoms with van der Waals surface area (Å²) in [6, 6.07) is 13.9. The largest absolute Gasteiger partial charge is 0.378 e. The van der Waals surface area contributed by atoms with Crippen molar-refractivity contribution in [3.8, 4) is 23.2 Å². The third kappa shape index (κ3) is 5.48. The van der Waals surface area contributed by atoms with Gasteiger partial charge in [-0.3, -0.25) is 4.98 Å². The second kappa shape index (κ2) is 9.45. The molecular formula is C25H25N5OS. The number of aromatic nitrogens is 3. The Kier molecular flexibility index (Phi) is 6.47. The van der Waals surface area contributed by atoms with Gasteiger partial charge in [0.05, 0.1) is 10.3 Å². The number of fused-ring (bicyclic) bond motifs is 1. The summed E-state index contributed by atoms with van der Waals surface area (Å²) in [6.45, 7) is 3.89. The molecule has 4 aromatic rings. The molecule has 0 aliphatic heterocycles. The molecule has 3 aromatic heterocycles. The first kappa shape index (κ1) is 21.9. The summed E-state index contributed by atoms with van der Waals surface area (Å²) in [5.74, 6) is 7.26. The molecule has 0 aliphatic rings. The van der Waals surface area contributed by atoms with Crippen molar-refractivity contribution in [2.45, 2.75) is 31.9 Å². The molecule has 0 saturated heterocycles. The quantitative estimate of drug-likeness (QED) is 0.392. The van der Waals surface area contributed by atoms with Crippen LogP contribution in [0.1, 0.15) is 25.0 Å². The van der Waals surface area contributed by atoms with Crippen molar-refractivity contribution in [3.05, 3.63) is 71.4 Å². The minimum absolute atomic E-state index is 0.0683. The number of pyridine rings is 1. The fourth-order valence-electron chi connectivity index (χ4n) is 3.19. The Morgan fingerprint density at radius 2 is 1.88 bits per heavy atom. The van der Waals surface area contributed by atoms with E-state index < -0.39 is 5.60 Å². The summed E-state index contributed by atoms with van der Waals surface area (Å²) in [5.41, 5.74) is 8.89. The van der Waals surface area contributed by atoms with Gasteiger partial charge in [0.1, 0.15) is 16.9 Å². The predicted octanol–water partition coefficient (Wildman–Crippen LogP) is 3.86. The van der Waals surface area contributed by atoms with E-state index in [9.17, 15) is 5.11 Å². The van der Waals surface area contributed by atoms with Crippen LogP contribution in [0.5, 0.6) is 0 Å². The van der Waals surface area contributed by atoms with Gasteiger partial charge in [-0.2, -0.15) is 0 Å². The van der Waals surface area contributed by atoms with E-state index in [2.05, 4.69) is 34.3 Å². The number of aliphatic hydroxyl groups is 1. The number of rotatable bonds is 6. The number of anilines is 1. The van der Waals surface area contributed by atoms with Gasteiger partial charge < -0.3 is 16.2 Å². The van der Waals surface area contributed by atoms with E-state index in [0.29, 0.717) is 12.4 Å². The second-order valence-corrected chi connectivity index (χ2v) is 8.98. The molecule has 162 valence electrons. The van der Waals surface area contributed by atoms with Crippen molar-refractivity contribution in [2.24, 2.45) is 5.73 Å². The maximum absolute atomic E-state index is 10.0. The number of nitrogens with one attached hydrogen (secondary N) is 1. The second-order valence-electron chi connectivity index (χ2n) is 8.10. The lowest BCUT2D eigenvalue weighted by molar-refractivity contribution is 0.143. The fourth-order valence-corrected chi connectivity index (χ4v) is 4.10. The molecule has 4 N–H and O–H groups in total. The molecule has 6 nitrogen and oxygen atoms in total. The van der Waals surface area contributed by atoms with Gasteiger partial charge in [-0.25, -0.2) is 9.97 Å². The molecule has 0 aliphatic carbocycles. The average molecular weight is 444 g/mol. The number of nitrogens with two attached hydrogens (primary N) is 1. The molecule has 32 heavy (non-hydrogen) atoms. The zero-order chi connectivity index (χ0) is 22.6. The molecule has 0 saturated carbocycles. The van der Waals surface area contributed by atoms with Crippen LogP contribution >= 0.6 is 11.3 Å². The van der Waals surface area contributed by atoms with E-state index in [-0.39, 0.29) is 6.04 Å². The molecule has 3 heterocycles. The number of thiophene rings is 1. The number of hydrogen-bond acceptors (Lipinski definition) is 7. The first-order valence-corrected chi connectivity index (χ1v) is 11.3. The summed E-state index contributed by atoms with van der Waals surface area (Å²) in [5, 5.41) is 15.4. The Morgan fingerprint density at radius 3 is 2.59 bits per heavy atom. The smallest absolute Gasteiger partial charge is 0.162 e. The summed E-state index contributed by atoms with van der Waals surface area (Å²) in [7, 11) is 0. The summed E-state index contributed by atoms with van der Waals surface area (Å²) in [6.07, 6.45) is 4.20. The zero-order valence-corrected chi connectivity index (χ0v) is 18.9. The number of nitrogens with zero attached hydrogens (tertiary/aromatic N) is 3. The van der Waals surface area contributed by atoms with Crippen molar-refractivity contribution in [2.75, 3.05) is 11.9 Å². The van der Waals surface area contributed by atoms with Gasteiger partial charge in [0, 0.05) is 35.9 Å². The molecule has 0 fully saturated rings. The molecule has 0 bridgehead atoms. The highest BCUT2D eigenvalue weighted by Crippen LogP contribution is 2.32. The van der Waals surface area contributed by atoms with E-state index in [1.54, 1.807) is 26.2 Å². The van der Waals surface area contributed by atoms with E-state index in [1.807, 2.05) is 35.7 Å². The van der Waals surface area contributed by atoms with Gasteiger partial charge in [-0.15, -0.1) is 11.3 Å². The van der Waals surface area contributed by atoms with Crippen molar-refractivity contribution >= 4 is 27.4 Å². The molecule has 4 rings (SSSR count). The Labute approximate surface area is 191 Å². The number of hydrogen-bond donors (Lipinski definition) is 3. The normalized spacial score (nSPS) is 12.2. The Morgan fingerprint density at radius 1 is 1.12 bits per heavy atom. The summed E-state index contributed by atoms with van der Waals surface area (Å²) in [4.78, 5) is 13.6. The molecule has 0 radical (unpaired) electrons. The van der Waals surface area contributed by atoms with E-state index in [1.165, 1.54) is 16.9 Å². The zero-order valence-electron chi connectivity index (χ0n) is 18.0. The highest BCUT2D eigenvalue weighted by atomic mass is 32.1. The van der Waals surface area contributed by atoms with Crippen LogP contribution < -0.4 is 11.1 Å². The Balaban J connectivity index is 1.67. The SMILES string of the molecule is CC(C)(O)C#Cc1csc2c(NC[C@H](N)Cc3ccccc3)nc(-c3ccncc3)nc12. The van der Waals surface area contributed by atoms with Crippen LogP contribution in [0.25, 0.3) is 21.6 Å². The van der Waals surface area contributed by atoms with Crippen molar-refractivity contribution in [1.29, 1.82) is 0 Å². The lowest BCUT2D eigenvalue weighted by Gasteiger charge is -2.14. The summed E-state index contributed by atoms with van der Waals surface area (Å²) >= 11 is 1.53. The number of benzene rings is 1. The summed E-state index contributed by atoms with van der Waals surface area (Å²) < 4.78 is 0.912.